The lowest BCUT2D eigenvalue weighted by Gasteiger charge is -2.31. The monoisotopic (exact) mass is 389 g/mol. The summed E-state index contributed by atoms with van der Waals surface area (Å²) in [4.78, 5) is 31.8. The van der Waals surface area contributed by atoms with E-state index in [-0.39, 0.29) is 11.8 Å². The van der Waals surface area contributed by atoms with Crippen LogP contribution in [0.4, 0.5) is 0 Å². The van der Waals surface area contributed by atoms with Gasteiger partial charge in [-0.25, -0.2) is 4.98 Å². The summed E-state index contributed by atoms with van der Waals surface area (Å²) in [7, 11) is 1.61. The van der Waals surface area contributed by atoms with Crippen LogP contribution in [0.15, 0.2) is 30.3 Å². The highest BCUT2D eigenvalue weighted by atomic mass is 32.1. The van der Waals surface area contributed by atoms with Crippen molar-refractivity contribution in [3.8, 4) is 0 Å². The van der Waals surface area contributed by atoms with Gasteiger partial charge in [0.25, 0.3) is 5.91 Å². The molecule has 1 fully saturated rings. The number of methoxy groups -OCH3 is 1. The number of carbonyl (C=O) groups excluding carboxylic acids is 2. The normalized spacial score (nSPS) is 15.5. The van der Waals surface area contributed by atoms with Crippen molar-refractivity contribution in [2.45, 2.75) is 0 Å². The lowest BCUT2D eigenvalue weighted by molar-refractivity contribution is -0.896. The van der Waals surface area contributed by atoms with Gasteiger partial charge < -0.3 is 19.9 Å². The van der Waals surface area contributed by atoms with E-state index in [9.17, 15) is 9.59 Å². The number of ether oxygens (including phenoxy) is 1. The summed E-state index contributed by atoms with van der Waals surface area (Å²) < 4.78 is 6.04. The summed E-state index contributed by atoms with van der Waals surface area (Å²) in [5.41, 5.74) is 0.954. The number of hydrogen-bond acceptors (Lipinski definition) is 5. The van der Waals surface area contributed by atoms with Gasteiger partial charge in [-0.1, -0.05) is 12.1 Å². The van der Waals surface area contributed by atoms with E-state index in [4.69, 9.17) is 4.74 Å². The smallest absolute Gasteiger partial charge is 0.275 e. The SMILES string of the molecule is COCCNC(=O)C[NH+]1CCN(C(=O)/C=C/c2nc3ccccc3s2)CC1. The molecule has 7 nitrogen and oxygen atoms in total. The highest BCUT2D eigenvalue weighted by molar-refractivity contribution is 7.19. The number of rotatable bonds is 7. The van der Waals surface area contributed by atoms with E-state index in [2.05, 4.69) is 10.3 Å². The Balaban J connectivity index is 1.44. The van der Waals surface area contributed by atoms with Crippen LogP contribution >= 0.6 is 11.3 Å². The number of amides is 2. The Labute approximate surface area is 162 Å². The average molecular weight is 390 g/mol. The van der Waals surface area contributed by atoms with Crippen LogP contribution in [-0.4, -0.2) is 74.7 Å². The first kappa shape index (κ1) is 19.5. The predicted octanol–water partition coefficient (Wildman–Crippen LogP) is -0.201. The zero-order valence-corrected chi connectivity index (χ0v) is 16.3. The first-order valence-electron chi connectivity index (χ1n) is 9.07. The predicted molar refractivity (Wildman–Crippen MR) is 106 cm³/mol. The Morgan fingerprint density at radius 2 is 2.11 bits per heavy atom. The number of fused-ring (bicyclic) bond motifs is 1. The molecule has 2 heterocycles. The zero-order chi connectivity index (χ0) is 19.1. The number of para-hydroxylation sites is 1. The second-order valence-electron chi connectivity index (χ2n) is 6.45. The molecule has 1 aliphatic heterocycles. The molecule has 3 rings (SSSR count). The van der Waals surface area contributed by atoms with Crippen LogP contribution < -0.4 is 10.2 Å². The Kier molecular flexibility index (Phi) is 6.92. The maximum atomic E-state index is 12.4. The molecule has 144 valence electrons. The third-order valence-electron chi connectivity index (χ3n) is 4.50. The molecule has 2 amide bonds. The van der Waals surface area contributed by atoms with Gasteiger partial charge in [-0.3, -0.25) is 9.59 Å². The largest absolute Gasteiger partial charge is 0.383 e. The van der Waals surface area contributed by atoms with Crippen molar-refractivity contribution in [2.24, 2.45) is 0 Å². The summed E-state index contributed by atoms with van der Waals surface area (Å²) in [5, 5.41) is 3.67. The van der Waals surface area contributed by atoms with Gasteiger partial charge in [0.15, 0.2) is 6.54 Å². The fourth-order valence-corrected chi connectivity index (χ4v) is 3.88. The minimum Gasteiger partial charge on any atom is -0.383 e. The number of piperazine rings is 1. The van der Waals surface area contributed by atoms with Crippen LogP contribution in [-0.2, 0) is 14.3 Å². The highest BCUT2D eigenvalue weighted by Crippen LogP contribution is 2.22. The third-order valence-corrected chi connectivity index (χ3v) is 5.50. The van der Waals surface area contributed by atoms with Crippen molar-refractivity contribution >= 4 is 39.4 Å². The highest BCUT2D eigenvalue weighted by Gasteiger charge is 2.24. The maximum absolute atomic E-state index is 12.4. The second-order valence-corrected chi connectivity index (χ2v) is 7.51. The second kappa shape index (κ2) is 9.59. The molecule has 1 aromatic carbocycles. The van der Waals surface area contributed by atoms with Crippen LogP contribution in [0.3, 0.4) is 0 Å². The van der Waals surface area contributed by atoms with E-state index in [1.54, 1.807) is 30.6 Å². The molecule has 0 aliphatic carbocycles. The minimum atomic E-state index is -0.00199. The van der Waals surface area contributed by atoms with Crippen molar-refractivity contribution in [3.63, 3.8) is 0 Å². The van der Waals surface area contributed by atoms with Crippen molar-refractivity contribution in [3.05, 3.63) is 35.3 Å². The van der Waals surface area contributed by atoms with Crippen molar-refractivity contribution in [2.75, 3.05) is 53.0 Å². The third kappa shape index (κ3) is 5.59. The molecule has 0 spiro atoms. The molecule has 0 saturated carbocycles. The molecule has 0 unspecified atom stereocenters. The topological polar surface area (TPSA) is 76.0 Å². The lowest BCUT2D eigenvalue weighted by atomic mass is 10.3. The van der Waals surface area contributed by atoms with E-state index in [0.29, 0.717) is 32.8 Å². The van der Waals surface area contributed by atoms with Crippen LogP contribution in [0, 0.1) is 0 Å². The first-order valence-corrected chi connectivity index (χ1v) is 9.89. The molecule has 1 aromatic heterocycles. The molecule has 8 heteroatoms. The number of nitrogens with one attached hydrogen (secondary N) is 2. The van der Waals surface area contributed by atoms with Crippen molar-refractivity contribution in [1.29, 1.82) is 0 Å². The number of carbonyl (C=O) groups is 2. The van der Waals surface area contributed by atoms with Gasteiger partial charge in [0.2, 0.25) is 5.91 Å². The summed E-state index contributed by atoms with van der Waals surface area (Å²) in [6, 6.07) is 7.94. The van der Waals surface area contributed by atoms with Gasteiger partial charge in [0, 0.05) is 19.7 Å². The molecule has 27 heavy (non-hydrogen) atoms. The van der Waals surface area contributed by atoms with Crippen LogP contribution in [0.5, 0.6) is 0 Å². The molecule has 0 bridgehead atoms. The van der Waals surface area contributed by atoms with E-state index in [1.165, 1.54) is 4.90 Å². The molecule has 2 aromatic rings. The molecule has 1 saturated heterocycles. The summed E-state index contributed by atoms with van der Waals surface area (Å²) in [5.74, 6) is 0.0235. The molecular formula is C19H25N4O3S+. The van der Waals surface area contributed by atoms with Crippen LogP contribution in [0.2, 0.25) is 0 Å². The van der Waals surface area contributed by atoms with Gasteiger partial charge >= 0.3 is 0 Å². The average Bonchev–Trinajstić information content (AvgIpc) is 3.10. The summed E-state index contributed by atoms with van der Waals surface area (Å²) >= 11 is 1.58. The van der Waals surface area contributed by atoms with Gasteiger partial charge in [0.1, 0.15) is 5.01 Å². The van der Waals surface area contributed by atoms with Crippen molar-refractivity contribution < 1.29 is 19.2 Å². The molecular weight excluding hydrogens is 364 g/mol. The van der Waals surface area contributed by atoms with E-state index in [0.717, 1.165) is 28.3 Å². The first-order chi connectivity index (χ1) is 13.2. The van der Waals surface area contributed by atoms with E-state index < -0.39 is 0 Å². The molecule has 2 N–H and O–H groups in total. The number of quaternary nitrogens is 1. The Hall–Kier alpha value is -2.29. The fourth-order valence-electron chi connectivity index (χ4n) is 3.01. The van der Waals surface area contributed by atoms with Gasteiger partial charge in [0.05, 0.1) is 43.0 Å². The number of benzene rings is 1. The Morgan fingerprint density at radius 3 is 2.85 bits per heavy atom. The van der Waals surface area contributed by atoms with E-state index in [1.807, 2.05) is 29.2 Å². The number of hydrogen-bond donors (Lipinski definition) is 2. The zero-order valence-electron chi connectivity index (χ0n) is 15.4. The van der Waals surface area contributed by atoms with Crippen LogP contribution in [0.25, 0.3) is 16.3 Å². The summed E-state index contributed by atoms with van der Waals surface area (Å²) in [6.07, 6.45) is 3.38. The van der Waals surface area contributed by atoms with Crippen LogP contribution in [0.1, 0.15) is 5.01 Å². The minimum absolute atomic E-state index is 0.00199. The lowest BCUT2D eigenvalue weighted by Crippen LogP contribution is -3.15. The fraction of sp³-hybridized carbons (Fsp3) is 0.421. The summed E-state index contributed by atoms with van der Waals surface area (Å²) in [6.45, 7) is 4.35. The molecule has 0 radical (unpaired) electrons. The quantitative estimate of drug-likeness (QED) is 0.508. The number of aromatic nitrogens is 1. The van der Waals surface area contributed by atoms with Crippen molar-refractivity contribution in [1.82, 2.24) is 15.2 Å². The molecule has 0 atom stereocenters. The van der Waals surface area contributed by atoms with Gasteiger partial charge in [-0.2, -0.15) is 0 Å². The van der Waals surface area contributed by atoms with Gasteiger partial charge in [-0.05, 0) is 18.2 Å². The van der Waals surface area contributed by atoms with Gasteiger partial charge in [-0.15, -0.1) is 11.3 Å². The molecule has 1 aliphatic rings. The maximum Gasteiger partial charge on any atom is 0.275 e. The Bertz CT molecular complexity index is 779. The Morgan fingerprint density at radius 1 is 1.33 bits per heavy atom. The van der Waals surface area contributed by atoms with E-state index >= 15 is 0 Å². The number of thiazole rings is 1. The standard InChI is InChI=1S/C19H24N4O3S/c1-26-13-8-20-17(24)14-22-9-11-23(12-10-22)19(25)7-6-18-21-15-4-2-3-5-16(15)27-18/h2-7H,8-14H2,1H3,(H,20,24)/p+1/b7-6+. The number of nitrogens with zero attached hydrogens (tertiary/aromatic N) is 2.